The Kier molecular flexibility index (Phi) is 2.81. The Morgan fingerprint density at radius 2 is 2.00 bits per heavy atom. The highest BCUT2D eigenvalue weighted by Gasteiger charge is 2.24. The molecule has 0 saturated carbocycles. The second-order valence-electron chi connectivity index (χ2n) is 4.21. The molecule has 1 heterocycles. The van der Waals surface area contributed by atoms with Crippen LogP contribution >= 0.6 is 15.9 Å². The summed E-state index contributed by atoms with van der Waals surface area (Å²) >= 11 is 3.32. The van der Waals surface area contributed by atoms with Crippen molar-refractivity contribution in [3.8, 4) is 0 Å². The van der Waals surface area contributed by atoms with Crippen LogP contribution in [0.2, 0.25) is 0 Å². The quantitative estimate of drug-likeness (QED) is 0.944. The van der Waals surface area contributed by atoms with Crippen LogP contribution in [0.5, 0.6) is 0 Å². The summed E-state index contributed by atoms with van der Waals surface area (Å²) in [7, 11) is 0. The van der Waals surface area contributed by atoms with E-state index in [9.17, 15) is 0 Å². The van der Waals surface area contributed by atoms with Crippen LogP contribution in [-0.4, -0.2) is 16.5 Å². The number of hydrogen-bond donors (Lipinski definition) is 1. The number of rotatable bonds is 3. The second-order valence-corrected chi connectivity index (χ2v) is 5.12. The van der Waals surface area contributed by atoms with Crippen molar-refractivity contribution in [3.05, 3.63) is 52.3 Å². The van der Waals surface area contributed by atoms with Crippen molar-refractivity contribution < 1.29 is 0 Å². The summed E-state index contributed by atoms with van der Waals surface area (Å²) in [5.74, 6) is 1.29. The number of benzene rings is 1. The van der Waals surface area contributed by atoms with Gasteiger partial charge in [0.15, 0.2) is 0 Å². The fourth-order valence-corrected chi connectivity index (χ4v) is 2.37. The Bertz CT molecular complexity index is 524. The zero-order valence-electron chi connectivity index (χ0n) is 9.23. The Balaban J connectivity index is 1.62. The molecule has 2 aromatic rings. The molecular weight excluding hydrogens is 278 g/mol. The number of aromatic nitrogens is 2. The molecule has 0 fully saturated rings. The SMILES string of the molecule is Brc1cnc(NCC2Cc3ccccc32)nc1. The van der Waals surface area contributed by atoms with Gasteiger partial charge in [-0.15, -0.1) is 0 Å². The minimum Gasteiger partial charge on any atom is -0.354 e. The molecule has 0 radical (unpaired) electrons. The summed E-state index contributed by atoms with van der Waals surface area (Å²) in [6.07, 6.45) is 4.66. The van der Waals surface area contributed by atoms with E-state index in [2.05, 4.69) is 55.5 Å². The smallest absolute Gasteiger partial charge is 0.222 e. The van der Waals surface area contributed by atoms with Gasteiger partial charge in [-0.05, 0) is 33.5 Å². The van der Waals surface area contributed by atoms with Gasteiger partial charge in [-0.25, -0.2) is 9.97 Å². The van der Waals surface area contributed by atoms with Crippen molar-refractivity contribution in [2.75, 3.05) is 11.9 Å². The number of nitrogens with zero attached hydrogens (tertiary/aromatic N) is 2. The third-order valence-corrected chi connectivity index (χ3v) is 3.50. The Hall–Kier alpha value is -1.42. The summed E-state index contributed by atoms with van der Waals surface area (Å²) in [5.41, 5.74) is 2.92. The summed E-state index contributed by atoms with van der Waals surface area (Å²) < 4.78 is 0.900. The fourth-order valence-electron chi connectivity index (χ4n) is 2.16. The van der Waals surface area contributed by atoms with Gasteiger partial charge in [0, 0.05) is 24.9 Å². The normalized spacial score (nSPS) is 17.1. The molecule has 1 aromatic carbocycles. The maximum absolute atomic E-state index is 4.20. The summed E-state index contributed by atoms with van der Waals surface area (Å²) in [5, 5.41) is 3.27. The van der Waals surface area contributed by atoms with Gasteiger partial charge in [0.05, 0.1) is 4.47 Å². The molecular formula is C13H12BrN3. The molecule has 0 saturated heterocycles. The minimum absolute atomic E-state index is 0.596. The monoisotopic (exact) mass is 289 g/mol. The van der Waals surface area contributed by atoms with Gasteiger partial charge in [0.2, 0.25) is 5.95 Å². The van der Waals surface area contributed by atoms with E-state index in [1.807, 2.05) is 0 Å². The maximum Gasteiger partial charge on any atom is 0.222 e. The largest absolute Gasteiger partial charge is 0.354 e. The van der Waals surface area contributed by atoms with Crippen LogP contribution in [-0.2, 0) is 6.42 Å². The van der Waals surface area contributed by atoms with Crippen LogP contribution in [0.3, 0.4) is 0 Å². The van der Waals surface area contributed by atoms with Gasteiger partial charge in [-0.3, -0.25) is 0 Å². The van der Waals surface area contributed by atoms with Crippen molar-refractivity contribution in [2.24, 2.45) is 0 Å². The van der Waals surface area contributed by atoms with Gasteiger partial charge in [0.25, 0.3) is 0 Å². The second kappa shape index (κ2) is 4.45. The first kappa shape index (κ1) is 10.7. The van der Waals surface area contributed by atoms with Crippen molar-refractivity contribution in [1.29, 1.82) is 0 Å². The van der Waals surface area contributed by atoms with Crippen LogP contribution in [0.15, 0.2) is 41.1 Å². The highest BCUT2D eigenvalue weighted by atomic mass is 79.9. The Morgan fingerprint density at radius 1 is 1.24 bits per heavy atom. The van der Waals surface area contributed by atoms with Gasteiger partial charge in [-0.1, -0.05) is 24.3 Å². The number of halogens is 1. The molecule has 1 unspecified atom stereocenters. The number of fused-ring (bicyclic) bond motifs is 1. The van der Waals surface area contributed by atoms with E-state index in [0.29, 0.717) is 11.9 Å². The molecule has 1 N–H and O–H groups in total. The summed E-state index contributed by atoms with van der Waals surface area (Å²) in [6, 6.07) is 8.59. The zero-order valence-corrected chi connectivity index (χ0v) is 10.8. The molecule has 0 amide bonds. The summed E-state index contributed by atoms with van der Waals surface area (Å²) in [4.78, 5) is 8.39. The molecule has 0 spiro atoms. The van der Waals surface area contributed by atoms with Crippen molar-refractivity contribution in [3.63, 3.8) is 0 Å². The first-order valence-corrected chi connectivity index (χ1v) is 6.41. The number of nitrogens with one attached hydrogen (secondary N) is 1. The van der Waals surface area contributed by atoms with E-state index in [4.69, 9.17) is 0 Å². The van der Waals surface area contributed by atoms with Crippen molar-refractivity contribution >= 4 is 21.9 Å². The molecule has 1 atom stereocenters. The van der Waals surface area contributed by atoms with Crippen LogP contribution in [0.1, 0.15) is 17.0 Å². The first-order valence-electron chi connectivity index (χ1n) is 5.62. The average molecular weight is 290 g/mol. The molecule has 3 nitrogen and oxygen atoms in total. The summed E-state index contributed by atoms with van der Waals surface area (Å²) in [6.45, 7) is 0.901. The molecule has 0 aliphatic heterocycles. The van der Waals surface area contributed by atoms with E-state index in [1.54, 1.807) is 12.4 Å². The van der Waals surface area contributed by atoms with E-state index in [0.717, 1.165) is 17.4 Å². The van der Waals surface area contributed by atoms with Gasteiger partial charge < -0.3 is 5.32 Å². The zero-order chi connectivity index (χ0) is 11.7. The molecule has 3 rings (SSSR count). The third kappa shape index (κ3) is 2.17. The molecule has 1 aliphatic rings. The Labute approximate surface area is 108 Å². The lowest BCUT2D eigenvalue weighted by atomic mass is 9.78. The predicted octanol–water partition coefficient (Wildman–Crippen LogP) is 2.99. The maximum atomic E-state index is 4.20. The van der Waals surface area contributed by atoms with Crippen LogP contribution < -0.4 is 5.32 Å². The molecule has 0 bridgehead atoms. The Morgan fingerprint density at radius 3 is 2.76 bits per heavy atom. The van der Waals surface area contributed by atoms with E-state index in [1.165, 1.54) is 11.1 Å². The van der Waals surface area contributed by atoms with E-state index < -0.39 is 0 Å². The van der Waals surface area contributed by atoms with Crippen molar-refractivity contribution in [1.82, 2.24) is 9.97 Å². The predicted molar refractivity (Wildman–Crippen MR) is 71.1 cm³/mol. The van der Waals surface area contributed by atoms with Crippen LogP contribution in [0.25, 0.3) is 0 Å². The molecule has 86 valence electrons. The first-order chi connectivity index (χ1) is 8.33. The number of anilines is 1. The lowest BCUT2D eigenvalue weighted by Gasteiger charge is -2.30. The van der Waals surface area contributed by atoms with Gasteiger partial charge in [0.1, 0.15) is 0 Å². The molecule has 1 aliphatic carbocycles. The van der Waals surface area contributed by atoms with Crippen LogP contribution in [0.4, 0.5) is 5.95 Å². The highest BCUT2D eigenvalue weighted by Crippen LogP contribution is 2.34. The van der Waals surface area contributed by atoms with Crippen LogP contribution in [0, 0.1) is 0 Å². The van der Waals surface area contributed by atoms with Gasteiger partial charge in [-0.2, -0.15) is 0 Å². The highest BCUT2D eigenvalue weighted by molar-refractivity contribution is 9.10. The van der Waals surface area contributed by atoms with E-state index in [-0.39, 0.29) is 0 Å². The topological polar surface area (TPSA) is 37.8 Å². The molecule has 17 heavy (non-hydrogen) atoms. The number of hydrogen-bond acceptors (Lipinski definition) is 3. The minimum atomic E-state index is 0.596. The lowest BCUT2D eigenvalue weighted by molar-refractivity contribution is 0.633. The lowest BCUT2D eigenvalue weighted by Crippen LogP contribution is -2.24. The fraction of sp³-hybridized carbons (Fsp3) is 0.231. The average Bonchev–Trinajstić information content (AvgIpc) is 2.33. The molecule has 4 heteroatoms. The van der Waals surface area contributed by atoms with E-state index >= 15 is 0 Å². The standard InChI is InChI=1S/C13H12BrN3/c14-11-7-16-13(17-8-11)15-6-10-5-9-3-1-2-4-12(9)10/h1-4,7-8,10H,5-6H2,(H,15,16,17). The molecule has 1 aromatic heterocycles. The van der Waals surface area contributed by atoms with Gasteiger partial charge >= 0.3 is 0 Å². The third-order valence-electron chi connectivity index (χ3n) is 3.09. The van der Waals surface area contributed by atoms with Crippen molar-refractivity contribution in [2.45, 2.75) is 12.3 Å².